The molecule has 0 saturated carbocycles. The Morgan fingerprint density at radius 2 is 0.857 bits per heavy atom. The topological polar surface area (TPSA) is 29.5 Å². The summed E-state index contributed by atoms with van der Waals surface area (Å²) >= 11 is 0. The molecular formula is C60H37NO2. The van der Waals surface area contributed by atoms with E-state index < -0.39 is 0 Å². The van der Waals surface area contributed by atoms with Crippen LogP contribution in [0.25, 0.3) is 110 Å². The third-order valence-corrected chi connectivity index (χ3v) is 12.9. The quantitative estimate of drug-likeness (QED) is 0.157. The van der Waals surface area contributed by atoms with Crippen LogP contribution in [0.2, 0.25) is 0 Å². The van der Waals surface area contributed by atoms with Crippen LogP contribution in [0.3, 0.4) is 0 Å². The number of nitrogens with zero attached hydrogens (tertiary/aromatic N) is 1. The van der Waals surface area contributed by atoms with Gasteiger partial charge in [-0.25, -0.2) is 0 Å². The van der Waals surface area contributed by atoms with Gasteiger partial charge in [0.15, 0.2) is 0 Å². The Labute approximate surface area is 363 Å². The lowest BCUT2D eigenvalue weighted by Crippen LogP contribution is -2.11. The number of furan rings is 2. The highest BCUT2D eigenvalue weighted by Crippen LogP contribution is 2.46. The molecular weight excluding hydrogens is 767 g/mol. The zero-order valence-electron chi connectivity index (χ0n) is 34.1. The summed E-state index contributed by atoms with van der Waals surface area (Å²) in [4.78, 5) is 2.38. The predicted molar refractivity (Wildman–Crippen MR) is 265 cm³/mol. The summed E-state index contributed by atoms with van der Waals surface area (Å²) in [6.07, 6.45) is 0. The molecule has 0 spiro atoms. The number of hydrogen-bond acceptors (Lipinski definition) is 3. The summed E-state index contributed by atoms with van der Waals surface area (Å²) in [7, 11) is 0. The van der Waals surface area contributed by atoms with Crippen molar-refractivity contribution in [1.82, 2.24) is 0 Å². The largest absolute Gasteiger partial charge is 0.456 e. The Balaban J connectivity index is 0.963. The molecule has 0 bridgehead atoms. The molecule has 13 aromatic rings. The molecule has 0 saturated heterocycles. The standard InChI is InChI=1S/C60H37NO2/c1-2-13-42-37-59-55(35-41(42)12-1)53-20-10-19-52(60(53)63-59)50-15-5-7-21-56(50)61(44-29-23-38(24-30-44)43-28-34-58-54(36-43)51-16-6-8-22-57(51)62-58)45-31-25-40(26-32-45)47-17-9-18-48-46-14-4-3-11-39(46)27-33-49(47)48/h1-37H. The van der Waals surface area contributed by atoms with Gasteiger partial charge in [-0.1, -0.05) is 164 Å². The molecule has 0 atom stereocenters. The third-order valence-electron chi connectivity index (χ3n) is 12.9. The van der Waals surface area contributed by atoms with Crippen molar-refractivity contribution in [2.45, 2.75) is 0 Å². The van der Waals surface area contributed by atoms with Crippen molar-refractivity contribution < 1.29 is 8.83 Å². The van der Waals surface area contributed by atoms with Crippen molar-refractivity contribution in [1.29, 1.82) is 0 Å². The van der Waals surface area contributed by atoms with Gasteiger partial charge in [-0.05, 0) is 115 Å². The summed E-state index contributed by atoms with van der Waals surface area (Å²) in [5.74, 6) is 0. The van der Waals surface area contributed by atoms with Crippen LogP contribution in [0.15, 0.2) is 233 Å². The zero-order valence-corrected chi connectivity index (χ0v) is 34.1. The fourth-order valence-corrected chi connectivity index (χ4v) is 9.81. The number of rotatable bonds is 6. The summed E-state index contributed by atoms with van der Waals surface area (Å²) < 4.78 is 13.0. The Bertz CT molecular complexity index is 3910. The lowest BCUT2D eigenvalue weighted by atomic mass is 9.94. The van der Waals surface area contributed by atoms with Crippen molar-refractivity contribution in [2.75, 3.05) is 4.90 Å². The number of hydrogen-bond donors (Lipinski definition) is 0. The molecule has 3 nitrogen and oxygen atoms in total. The number of benzene rings is 11. The van der Waals surface area contributed by atoms with Gasteiger partial charge in [0.25, 0.3) is 0 Å². The molecule has 0 aliphatic heterocycles. The first-order valence-electron chi connectivity index (χ1n) is 21.5. The average Bonchev–Trinajstić information content (AvgIpc) is 3.91. The summed E-state index contributed by atoms with van der Waals surface area (Å²) in [5.41, 5.74) is 13.5. The second-order valence-corrected chi connectivity index (χ2v) is 16.4. The first kappa shape index (κ1) is 35.4. The summed E-state index contributed by atoms with van der Waals surface area (Å²) in [6, 6.07) is 80.6. The fourth-order valence-electron chi connectivity index (χ4n) is 9.81. The van der Waals surface area contributed by atoms with E-state index in [0.717, 1.165) is 83.2 Å². The van der Waals surface area contributed by atoms with Gasteiger partial charge in [-0.15, -0.1) is 0 Å². The van der Waals surface area contributed by atoms with E-state index in [9.17, 15) is 0 Å². The Morgan fingerprint density at radius 1 is 0.270 bits per heavy atom. The van der Waals surface area contributed by atoms with Gasteiger partial charge in [-0.2, -0.15) is 0 Å². The minimum absolute atomic E-state index is 0.881. The molecule has 13 rings (SSSR count). The molecule has 0 amide bonds. The van der Waals surface area contributed by atoms with Crippen LogP contribution in [-0.2, 0) is 0 Å². The molecule has 63 heavy (non-hydrogen) atoms. The van der Waals surface area contributed by atoms with Crippen LogP contribution in [0.1, 0.15) is 0 Å². The maximum Gasteiger partial charge on any atom is 0.143 e. The van der Waals surface area contributed by atoms with E-state index >= 15 is 0 Å². The van der Waals surface area contributed by atoms with Gasteiger partial charge >= 0.3 is 0 Å². The molecule has 2 heterocycles. The molecule has 3 heteroatoms. The average molecular weight is 804 g/mol. The van der Waals surface area contributed by atoms with E-state index in [-0.39, 0.29) is 0 Å². The molecule has 0 N–H and O–H groups in total. The van der Waals surface area contributed by atoms with Crippen LogP contribution in [0, 0.1) is 0 Å². The third kappa shape index (κ3) is 5.75. The van der Waals surface area contributed by atoms with Crippen LogP contribution < -0.4 is 4.90 Å². The van der Waals surface area contributed by atoms with Crippen molar-refractivity contribution in [2.24, 2.45) is 0 Å². The monoisotopic (exact) mass is 803 g/mol. The number of para-hydroxylation sites is 3. The molecule has 0 aliphatic rings. The first-order chi connectivity index (χ1) is 31.2. The molecule has 0 radical (unpaired) electrons. The SMILES string of the molecule is c1ccc(N(c2ccc(-c3ccc4oc5ccccc5c4c3)cc2)c2ccc(-c3cccc4c3ccc3ccccc34)cc2)c(-c2cccc3c2oc2cc4ccccc4cc23)c1. The minimum atomic E-state index is 0.881. The molecule has 0 unspecified atom stereocenters. The van der Waals surface area contributed by atoms with E-state index in [4.69, 9.17) is 8.83 Å². The van der Waals surface area contributed by atoms with E-state index in [1.807, 2.05) is 12.1 Å². The van der Waals surface area contributed by atoms with Gasteiger partial charge in [-0.3, -0.25) is 0 Å². The maximum atomic E-state index is 6.81. The van der Waals surface area contributed by atoms with Crippen LogP contribution in [0.5, 0.6) is 0 Å². The summed E-state index contributed by atoms with van der Waals surface area (Å²) in [5, 5.41) is 11.9. The van der Waals surface area contributed by atoms with Crippen molar-refractivity contribution >= 4 is 93.3 Å². The van der Waals surface area contributed by atoms with Crippen molar-refractivity contribution in [3.8, 4) is 33.4 Å². The molecule has 11 aromatic carbocycles. The second kappa shape index (κ2) is 14.1. The van der Waals surface area contributed by atoms with Crippen LogP contribution >= 0.6 is 0 Å². The van der Waals surface area contributed by atoms with Gasteiger partial charge in [0.1, 0.15) is 22.3 Å². The Morgan fingerprint density at radius 3 is 1.68 bits per heavy atom. The highest BCUT2D eigenvalue weighted by Gasteiger charge is 2.21. The van der Waals surface area contributed by atoms with Crippen molar-refractivity contribution in [3.63, 3.8) is 0 Å². The fraction of sp³-hybridized carbons (Fsp3) is 0. The smallest absolute Gasteiger partial charge is 0.143 e. The lowest BCUT2D eigenvalue weighted by Gasteiger charge is -2.28. The van der Waals surface area contributed by atoms with Crippen LogP contribution in [-0.4, -0.2) is 0 Å². The lowest BCUT2D eigenvalue weighted by molar-refractivity contribution is 0.669. The normalized spacial score (nSPS) is 11.8. The highest BCUT2D eigenvalue weighted by atomic mass is 16.3. The minimum Gasteiger partial charge on any atom is -0.456 e. The van der Waals surface area contributed by atoms with E-state index in [1.54, 1.807) is 0 Å². The van der Waals surface area contributed by atoms with Crippen LogP contribution in [0.4, 0.5) is 17.1 Å². The number of anilines is 3. The van der Waals surface area contributed by atoms with E-state index in [2.05, 4.69) is 217 Å². The first-order valence-corrected chi connectivity index (χ1v) is 21.5. The summed E-state index contributed by atoms with van der Waals surface area (Å²) in [6.45, 7) is 0. The van der Waals surface area contributed by atoms with E-state index in [0.29, 0.717) is 0 Å². The predicted octanol–water partition coefficient (Wildman–Crippen LogP) is 17.4. The molecule has 0 fully saturated rings. The maximum absolute atomic E-state index is 6.81. The Hall–Kier alpha value is -8.40. The Kier molecular flexibility index (Phi) is 7.91. The molecule has 2 aromatic heterocycles. The molecule has 294 valence electrons. The van der Waals surface area contributed by atoms with E-state index in [1.165, 1.54) is 43.4 Å². The molecule has 0 aliphatic carbocycles. The van der Waals surface area contributed by atoms with Gasteiger partial charge in [0, 0.05) is 44.0 Å². The van der Waals surface area contributed by atoms with Gasteiger partial charge < -0.3 is 13.7 Å². The highest BCUT2D eigenvalue weighted by molar-refractivity contribution is 6.15. The van der Waals surface area contributed by atoms with Gasteiger partial charge in [0.05, 0.1) is 5.69 Å². The second-order valence-electron chi connectivity index (χ2n) is 16.4. The number of fused-ring (bicyclic) bond motifs is 10. The van der Waals surface area contributed by atoms with Gasteiger partial charge in [0.2, 0.25) is 0 Å². The zero-order chi connectivity index (χ0) is 41.4. The van der Waals surface area contributed by atoms with Crippen molar-refractivity contribution in [3.05, 3.63) is 224 Å².